The molecule has 2 heterocycles. The molecular weight excluding hydrogens is 284 g/mol. The third-order valence-corrected chi connectivity index (χ3v) is 5.39. The van der Waals surface area contributed by atoms with E-state index in [0.29, 0.717) is 12.8 Å². The highest BCUT2D eigenvalue weighted by atomic mass is 16.8. The van der Waals surface area contributed by atoms with Gasteiger partial charge in [0.15, 0.2) is 12.1 Å². The van der Waals surface area contributed by atoms with Gasteiger partial charge in [-0.05, 0) is 32.1 Å². The van der Waals surface area contributed by atoms with Crippen LogP contribution in [0.3, 0.4) is 0 Å². The van der Waals surface area contributed by atoms with Crippen LogP contribution in [0, 0.1) is 0 Å². The molecule has 22 heavy (non-hydrogen) atoms. The van der Waals surface area contributed by atoms with Crippen molar-refractivity contribution in [1.29, 1.82) is 0 Å². The fraction of sp³-hybridized carbons (Fsp3) is 0.941. The topological polar surface area (TPSA) is 54.0 Å². The summed E-state index contributed by atoms with van der Waals surface area (Å²) >= 11 is 0. The molecule has 4 aliphatic rings. The molecule has 0 aromatic heterocycles. The molecule has 0 bridgehead atoms. The van der Waals surface area contributed by atoms with Gasteiger partial charge in [-0.3, -0.25) is 4.79 Å². The van der Waals surface area contributed by atoms with E-state index in [0.717, 1.165) is 51.6 Å². The Bertz CT molecular complexity index is 411. The summed E-state index contributed by atoms with van der Waals surface area (Å²) in [6.07, 6.45) is 8.82. The van der Waals surface area contributed by atoms with E-state index in [1.165, 1.54) is 6.42 Å². The second kappa shape index (κ2) is 6.19. The molecule has 0 N–H and O–H groups in total. The number of hydrogen-bond donors (Lipinski definition) is 0. The first-order valence-corrected chi connectivity index (χ1v) is 8.89. The summed E-state index contributed by atoms with van der Waals surface area (Å²) in [7, 11) is 0. The van der Waals surface area contributed by atoms with Gasteiger partial charge in [0, 0.05) is 32.3 Å². The minimum atomic E-state index is -0.451. The fourth-order valence-corrected chi connectivity index (χ4v) is 4.28. The van der Waals surface area contributed by atoms with E-state index in [1.54, 1.807) is 0 Å². The first-order chi connectivity index (χ1) is 10.7. The van der Waals surface area contributed by atoms with Gasteiger partial charge in [0.25, 0.3) is 0 Å². The first kappa shape index (κ1) is 15.1. The molecule has 2 saturated heterocycles. The van der Waals surface area contributed by atoms with Crippen molar-refractivity contribution in [1.82, 2.24) is 0 Å². The highest BCUT2D eigenvalue weighted by Gasteiger charge is 2.54. The Kier molecular flexibility index (Phi) is 4.24. The molecule has 4 rings (SSSR count). The molecule has 1 unspecified atom stereocenters. The maximum atomic E-state index is 12.1. The quantitative estimate of drug-likeness (QED) is 0.785. The summed E-state index contributed by atoms with van der Waals surface area (Å²) in [5, 5.41) is 0. The zero-order valence-corrected chi connectivity index (χ0v) is 13.1. The molecule has 2 aliphatic heterocycles. The van der Waals surface area contributed by atoms with Crippen molar-refractivity contribution < 1.29 is 23.7 Å². The van der Waals surface area contributed by atoms with E-state index in [1.807, 2.05) is 0 Å². The number of hydrogen-bond acceptors (Lipinski definition) is 5. The SMILES string of the molecule is O=C1C[C@@H](OC2CCCCO2)[C@@H]2OC3(CCCCC3)O[C@@H]2C1. The van der Waals surface area contributed by atoms with Crippen molar-refractivity contribution in [3.8, 4) is 0 Å². The summed E-state index contributed by atoms with van der Waals surface area (Å²) in [6.45, 7) is 0.751. The Morgan fingerprint density at radius 1 is 1.00 bits per heavy atom. The van der Waals surface area contributed by atoms with E-state index >= 15 is 0 Å². The van der Waals surface area contributed by atoms with Gasteiger partial charge in [0.05, 0.1) is 12.2 Å². The van der Waals surface area contributed by atoms with Gasteiger partial charge in [-0.25, -0.2) is 0 Å². The maximum Gasteiger partial charge on any atom is 0.169 e. The van der Waals surface area contributed by atoms with Crippen LogP contribution in [0.2, 0.25) is 0 Å². The number of carbonyl (C=O) groups is 1. The molecule has 124 valence electrons. The average molecular weight is 310 g/mol. The molecule has 0 aromatic rings. The lowest BCUT2D eigenvalue weighted by atomic mass is 9.91. The Balaban J connectivity index is 1.45. The van der Waals surface area contributed by atoms with Crippen LogP contribution >= 0.6 is 0 Å². The molecule has 1 spiro atoms. The molecule has 5 nitrogen and oxygen atoms in total. The average Bonchev–Trinajstić information content (AvgIpc) is 2.86. The van der Waals surface area contributed by atoms with Crippen molar-refractivity contribution in [2.75, 3.05) is 6.61 Å². The second-order valence-corrected chi connectivity index (χ2v) is 7.13. The number of ketones is 1. The van der Waals surface area contributed by atoms with Crippen LogP contribution < -0.4 is 0 Å². The zero-order valence-electron chi connectivity index (χ0n) is 13.1. The van der Waals surface area contributed by atoms with Crippen LogP contribution in [0.5, 0.6) is 0 Å². The first-order valence-electron chi connectivity index (χ1n) is 8.89. The molecule has 0 aromatic carbocycles. The van der Waals surface area contributed by atoms with E-state index in [2.05, 4.69) is 0 Å². The number of Topliss-reactive ketones (excluding diaryl/α,β-unsaturated/α-hetero) is 1. The molecule has 2 saturated carbocycles. The minimum absolute atomic E-state index is 0.110. The van der Waals surface area contributed by atoms with Crippen LogP contribution in [-0.4, -0.2) is 42.8 Å². The zero-order chi connectivity index (χ0) is 15.0. The Morgan fingerprint density at radius 2 is 1.86 bits per heavy atom. The van der Waals surface area contributed by atoms with Gasteiger partial charge in [0.1, 0.15) is 11.9 Å². The lowest BCUT2D eigenvalue weighted by molar-refractivity contribution is -0.231. The van der Waals surface area contributed by atoms with Gasteiger partial charge >= 0.3 is 0 Å². The molecule has 4 atom stereocenters. The van der Waals surface area contributed by atoms with Gasteiger partial charge in [-0.2, -0.15) is 0 Å². The third kappa shape index (κ3) is 2.96. The summed E-state index contributed by atoms with van der Waals surface area (Å²) in [5.41, 5.74) is 0. The van der Waals surface area contributed by atoms with Gasteiger partial charge in [-0.1, -0.05) is 6.42 Å². The lowest BCUT2D eigenvalue weighted by Crippen LogP contribution is -2.46. The van der Waals surface area contributed by atoms with Crippen molar-refractivity contribution in [2.45, 2.75) is 94.6 Å². The third-order valence-electron chi connectivity index (χ3n) is 5.39. The molecular formula is C17H26O5. The predicted octanol–water partition coefficient (Wildman–Crippen LogP) is 2.71. The van der Waals surface area contributed by atoms with E-state index < -0.39 is 5.79 Å². The van der Waals surface area contributed by atoms with Crippen LogP contribution in [0.1, 0.15) is 64.2 Å². The number of fused-ring (bicyclic) bond motifs is 1. The predicted molar refractivity (Wildman–Crippen MR) is 78.3 cm³/mol. The van der Waals surface area contributed by atoms with Crippen LogP contribution in [0.25, 0.3) is 0 Å². The molecule has 2 aliphatic carbocycles. The van der Waals surface area contributed by atoms with Gasteiger partial charge in [0.2, 0.25) is 0 Å². The molecule has 5 heteroatoms. The van der Waals surface area contributed by atoms with Crippen molar-refractivity contribution in [3.63, 3.8) is 0 Å². The Hall–Kier alpha value is -0.490. The van der Waals surface area contributed by atoms with E-state index in [4.69, 9.17) is 18.9 Å². The van der Waals surface area contributed by atoms with Crippen molar-refractivity contribution >= 4 is 5.78 Å². The number of ether oxygens (including phenoxy) is 4. The summed E-state index contributed by atoms with van der Waals surface area (Å²) in [4.78, 5) is 12.1. The van der Waals surface area contributed by atoms with Crippen molar-refractivity contribution in [3.05, 3.63) is 0 Å². The maximum absolute atomic E-state index is 12.1. The fourth-order valence-electron chi connectivity index (χ4n) is 4.28. The largest absolute Gasteiger partial charge is 0.353 e. The van der Waals surface area contributed by atoms with Crippen LogP contribution in [-0.2, 0) is 23.7 Å². The second-order valence-electron chi connectivity index (χ2n) is 7.13. The summed E-state index contributed by atoms with van der Waals surface area (Å²) < 4.78 is 24.3. The van der Waals surface area contributed by atoms with E-state index in [-0.39, 0.29) is 30.4 Å². The summed E-state index contributed by atoms with van der Waals surface area (Å²) in [6, 6.07) is 0. The number of rotatable bonds is 2. The van der Waals surface area contributed by atoms with Gasteiger partial charge < -0.3 is 18.9 Å². The Labute approximate surface area is 131 Å². The van der Waals surface area contributed by atoms with Crippen LogP contribution in [0.4, 0.5) is 0 Å². The number of carbonyl (C=O) groups excluding carboxylic acids is 1. The molecule has 0 amide bonds. The monoisotopic (exact) mass is 310 g/mol. The van der Waals surface area contributed by atoms with Gasteiger partial charge in [-0.15, -0.1) is 0 Å². The van der Waals surface area contributed by atoms with Crippen LogP contribution in [0.15, 0.2) is 0 Å². The minimum Gasteiger partial charge on any atom is -0.353 e. The highest BCUT2D eigenvalue weighted by molar-refractivity contribution is 5.80. The molecule has 0 radical (unpaired) electrons. The lowest BCUT2D eigenvalue weighted by Gasteiger charge is -2.35. The standard InChI is InChI=1S/C17H26O5/c18-12-10-13(20-15-6-2-5-9-19-15)16-14(11-12)21-17(22-16)7-3-1-4-8-17/h13-16H,1-11H2/t13-,14-,15?,16+/m1/s1. The highest BCUT2D eigenvalue weighted by Crippen LogP contribution is 2.45. The van der Waals surface area contributed by atoms with E-state index in [9.17, 15) is 4.79 Å². The normalized spacial score (nSPS) is 41.5. The Morgan fingerprint density at radius 3 is 2.64 bits per heavy atom. The smallest absolute Gasteiger partial charge is 0.169 e. The molecule has 4 fully saturated rings. The summed E-state index contributed by atoms with van der Waals surface area (Å²) in [5.74, 6) is -0.230. The van der Waals surface area contributed by atoms with Crippen molar-refractivity contribution in [2.24, 2.45) is 0 Å².